The molecule has 0 N–H and O–H groups in total. The summed E-state index contributed by atoms with van der Waals surface area (Å²) >= 11 is 0. The fraction of sp³-hybridized carbons (Fsp3) is 0.667. The molecule has 0 aliphatic carbocycles. The molecule has 0 rings (SSSR count). The van der Waals surface area contributed by atoms with Gasteiger partial charge in [0.2, 0.25) is 8.03 Å². The summed E-state index contributed by atoms with van der Waals surface area (Å²) < 4.78 is 15.6. The summed E-state index contributed by atoms with van der Waals surface area (Å²) in [6, 6.07) is 0. The van der Waals surface area contributed by atoms with Gasteiger partial charge in [-0.15, -0.1) is 0 Å². The molecule has 0 fully saturated rings. The van der Waals surface area contributed by atoms with Crippen LogP contribution in [0.15, 0.2) is 11.9 Å². The van der Waals surface area contributed by atoms with Gasteiger partial charge in [0.05, 0.1) is 6.61 Å². The van der Waals surface area contributed by atoms with Crippen molar-refractivity contribution in [3.8, 4) is 0 Å². The van der Waals surface area contributed by atoms with Crippen LogP contribution in [-0.2, 0) is 9.09 Å². The van der Waals surface area contributed by atoms with Crippen LogP contribution in [0.1, 0.15) is 20.3 Å². The van der Waals surface area contributed by atoms with Gasteiger partial charge in [0.15, 0.2) is 0 Å². The third kappa shape index (κ3) is 5.81. The van der Waals surface area contributed by atoms with E-state index >= 15 is 0 Å². The molecule has 0 aromatic rings. The Morgan fingerprint density at radius 3 is 2.78 bits per heavy atom. The number of allylic oxidation sites excluding steroid dienone is 1. The zero-order valence-corrected chi connectivity index (χ0v) is 6.89. The van der Waals surface area contributed by atoms with Gasteiger partial charge in [0.25, 0.3) is 0 Å². The third-order valence-electron chi connectivity index (χ3n) is 0.751. The lowest BCUT2D eigenvalue weighted by Gasteiger charge is -1.94. The SMILES string of the molecule is C/C=C/[PH](=O)OCCC. The lowest BCUT2D eigenvalue weighted by atomic mass is 10.5. The first-order chi connectivity index (χ1) is 4.31. The van der Waals surface area contributed by atoms with Gasteiger partial charge in [0.1, 0.15) is 0 Å². The number of hydrogen-bond donors (Lipinski definition) is 0. The summed E-state index contributed by atoms with van der Waals surface area (Å²) in [7, 11) is -1.83. The average Bonchev–Trinajstić information content (AvgIpc) is 1.85. The molecule has 0 saturated heterocycles. The van der Waals surface area contributed by atoms with Crippen molar-refractivity contribution in [3.05, 3.63) is 11.9 Å². The van der Waals surface area contributed by atoms with E-state index in [1.807, 2.05) is 13.8 Å². The van der Waals surface area contributed by atoms with Crippen molar-refractivity contribution in [1.29, 1.82) is 0 Å². The maximum atomic E-state index is 10.7. The Kier molecular flexibility index (Phi) is 6.01. The van der Waals surface area contributed by atoms with Crippen molar-refractivity contribution in [1.82, 2.24) is 0 Å². The van der Waals surface area contributed by atoms with Crippen molar-refractivity contribution in [2.75, 3.05) is 6.61 Å². The van der Waals surface area contributed by atoms with E-state index in [-0.39, 0.29) is 0 Å². The van der Waals surface area contributed by atoms with Gasteiger partial charge in [-0.1, -0.05) is 13.0 Å². The maximum absolute atomic E-state index is 10.7. The Morgan fingerprint density at radius 2 is 2.33 bits per heavy atom. The first-order valence-electron chi connectivity index (χ1n) is 3.10. The summed E-state index contributed by atoms with van der Waals surface area (Å²) in [4.78, 5) is 0. The molecule has 1 atom stereocenters. The van der Waals surface area contributed by atoms with Gasteiger partial charge in [-0.3, -0.25) is 4.57 Å². The topological polar surface area (TPSA) is 26.3 Å². The van der Waals surface area contributed by atoms with Crippen LogP contribution in [0.3, 0.4) is 0 Å². The lowest BCUT2D eigenvalue weighted by molar-refractivity contribution is 0.334. The van der Waals surface area contributed by atoms with Crippen LogP contribution in [0.2, 0.25) is 0 Å². The Hall–Kier alpha value is -0.0700. The molecule has 0 bridgehead atoms. The highest BCUT2D eigenvalue weighted by molar-refractivity contribution is 7.42. The zero-order chi connectivity index (χ0) is 7.11. The van der Waals surface area contributed by atoms with Crippen molar-refractivity contribution in [2.45, 2.75) is 20.3 Å². The van der Waals surface area contributed by atoms with Gasteiger partial charge >= 0.3 is 0 Å². The minimum atomic E-state index is -1.83. The second-order valence-electron chi connectivity index (χ2n) is 1.67. The highest BCUT2D eigenvalue weighted by Crippen LogP contribution is 2.23. The fourth-order valence-electron chi connectivity index (χ4n) is 0.387. The normalized spacial score (nSPS) is 14.4. The molecule has 3 heteroatoms. The van der Waals surface area contributed by atoms with Gasteiger partial charge in [0, 0.05) is 0 Å². The summed E-state index contributed by atoms with van der Waals surface area (Å²) in [6.07, 6.45) is 2.67. The lowest BCUT2D eigenvalue weighted by Crippen LogP contribution is -1.79. The zero-order valence-electron chi connectivity index (χ0n) is 5.89. The van der Waals surface area contributed by atoms with Gasteiger partial charge < -0.3 is 4.52 Å². The van der Waals surface area contributed by atoms with Crippen LogP contribution in [0.25, 0.3) is 0 Å². The molecule has 2 nitrogen and oxygen atoms in total. The Labute approximate surface area is 56.8 Å². The predicted octanol–water partition coefficient (Wildman–Crippen LogP) is 2.42. The van der Waals surface area contributed by atoms with Crippen molar-refractivity contribution >= 4 is 8.03 Å². The number of hydrogen-bond acceptors (Lipinski definition) is 2. The molecule has 54 valence electrons. The second-order valence-corrected chi connectivity index (χ2v) is 2.93. The van der Waals surface area contributed by atoms with E-state index in [2.05, 4.69) is 0 Å². The van der Waals surface area contributed by atoms with Crippen LogP contribution < -0.4 is 0 Å². The Bertz CT molecular complexity index is 110. The molecule has 9 heavy (non-hydrogen) atoms. The van der Waals surface area contributed by atoms with Crippen LogP contribution in [0.5, 0.6) is 0 Å². The van der Waals surface area contributed by atoms with E-state index in [0.29, 0.717) is 6.61 Å². The largest absolute Gasteiger partial charge is 0.328 e. The average molecular weight is 148 g/mol. The van der Waals surface area contributed by atoms with Crippen molar-refractivity contribution in [3.63, 3.8) is 0 Å². The first kappa shape index (κ1) is 8.93. The Balaban J connectivity index is 3.27. The molecule has 0 heterocycles. The van der Waals surface area contributed by atoms with E-state index < -0.39 is 8.03 Å². The molecule has 0 radical (unpaired) electrons. The quantitative estimate of drug-likeness (QED) is 0.572. The molecule has 0 aliphatic heterocycles. The first-order valence-corrected chi connectivity index (χ1v) is 4.50. The summed E-state index contributed by atoms with van der Waals surface area (Å²) in [5, 5.41) is 0. The second kappa shape index (κ2) is 6.06. The van der Waals surface area contributed by atoms with E-state index in [4.69, 9.17) is 4.52 Å². The molecule has 0 saturated carbocycles. The number of rotatable bonds is 4. The summed E-state index contributed by atoms with van der Waals surface area (Å²) in [6.45, 7) is 4.42. The third-order valence-corrected chi connectivity index (χ3v) is 1.85. The summed E-state index contributed by atoms with van der Waals surface area (Å²) in [5.74, 6) is 1.60. The van der Waals surface area contributed by atoms with E-state index in [9.17, 15) is 4.57 Å². The maximum Gasteiger partial charge on any atom is 0.213 e. The standard InChI is InChI=1S/C6H13O2P/c1-3-5-8-9(7)6-4-2/h4,6,9H,3,5H2,1-2H3/b6-4+. The molecular formula is C6H13O2P. The summed E-state index contributed by atoms with van der Waals surface area (Å²) in [5.41, 5.74) is 0. The molecule has 0 aliphatic rings. The van der Waals surface area contributed by atoms with Crippen molar-refractivity contribution in [2.24, 2.45) is 0 Å². The fourth-order valence-corrected chi connectivity index (χ4v) is 1.16. The van der Waals surface area contributed by atoms with Crippen LogP contribution in [0.4, 0.5) is 0 Å². The molecule has 0 aromatic carbocycles. The molecular weight excluding hydrogens is 135 g/mol. The van der Waals surface area contributed by atoms with Gasteiger partial charge in [-0.25, -0.2) is 0 Å². The van der Waals surface area contributed by atoms with Crippen LogP contribution in [-0.4, -0.2) is 6.61 Å². The van der Waals surface area contributed by atoms with Crippen molar-refractivity contribution < 1.29 is 9.09 Å². The van der Waals surface area contributed by atoms with Gasteiger partial charge in [-0.2, -0.15) is 0 Å². The highest BCUT2D eigenvalue weighted by atomic mass is 31.1. The monoisotopic (exact) mass is 148 g/mol. The smallest absolute Gasteiger partial charge is 0.213 e. The highest BCUT2D eigenvalue weighted by Gasteiger charge is 1.88. The van der Waals surface area contributed by atoms with Gasteiger partial charge in [-0.05, 0) is 19.2 Å². The minimum absolute atomic E-state index is 0.599. The molecule has 1 unspecified atom stereocenters. The van der Waals surface area contributed by atoms with Crippen LogP contribution in [0, 0.1) is 0 Å². The Morgan fingerprint density at radius 1 is 1.67 bits per heavy atom. The van der Waals surface area contributed by atoms with Crippen LogP contribution >= 0.6 is 8.03 Å². The van der Waals surface area contributed by atoms with E-state index in [1.54, 1.807) is 11.9 Å². The molecule has 0 spiro atoms. The molecule has 0 amide bonds. The molecule has 0 aromatic heterocycles. The minimum Gasteiger partial charge on any atom is -0.328 e. The van der Waals surface area contributed by atoms with E-state index in [1.165, 1.54) is 0 Å². The van der Waals surface area contributed by atoms with E-state index in [0.717, 1.165) is 6.42 Å². The predicted molar refractivity (Wildman–Crippen MR) is 40.1 cm³/mol.